The van der Waals surface area contributed by atoms with E-state index >= 15 is 0 Å². The van der Waals surface area contributed by atoms with Crippen LogP contribution in [0.3, 0.4) is 0 Å². The summed E-state index contributed by atoms with van der Waals surface area (Å²) in [5, 5.41) is 86.1. The van der Waals surface area contributed by atoms with E-state index in [1.54, 1.807) is 0 Å². The Morgan fingerprint density at radius 3 is 2.21 bits per heavy atom. The highest BCUT2D eigenvalue weighted by molar-refractivity contribution is 5.21. The van der Waals surface area contributed by atoms with Gasteiger partial charge in [-0.2, -0.15) is 0 Å². The molecule has 9 nitrogen and oxygen atoms in total. The van der Waals surface area contributed by atoms with Gasteiger partial charge in [0.2, 0.25) is 0 Å². The molecule has 9 heteroatoms. The van der Waals surface area contributed by atoms with E-state index in [0.29, 0.717) is 32.3 Å². The summed E-state index contributed by atoms with van der Waals surface area (Å²) < 4.78 is 5.90. The van der Waals surface area contributed by atoms with Crippen LogP contribution in [0.2, 0.25) is 0 Å². The summed E-state index contributed by atoms with van der Waals surface area (Å²) in [6.07, 6.45) is 3.06. The van der Waals surface area contributed by atoms with Crippen molar-refractivity contribution in [2.75, 3.05) is 13.2 Å². The molecule has 17 atom stereocenters. The predicted octanol–water partition coefficient (Wildman–Crippen LogP) is 1.37. The minimum absolute atomic E-state index is 0.110. The highest BCUT2D eigenvalue weighted by Gasteiger charge is 2.71. The van der Waals surface area contributed by atoms with Crippen LogP contribution in [-0.4, -0.2) is 102 Å². The van der Waals surface area contributed by atoms with Crippen LogP contribution in [0.15, 0.2) is 12.2 Å². The van der Waals surface area contributed by atoms with E-state index in [0.717, 1.165) is 19.3 Å². The molecular formula is C33H56O9. The van der Waals surface area contributed by atoms with Gasteiger partial charge in [-0.3, -0.25) is 0 Å². The number of fused-ring (bicyclic) bond motifs is 5. The molecule has 5 saturated carbocycles. The second-order valence-electron chi connectivity index (χ2n) is 15.5. The van der Waals surface area contributed by atoms with E-state index in [9.17, 15) is 40.9 Å². The summed E-state index contributed by atoms with van der Waals surface area (Å²) >= 11 is 0. The van der Waals surface area contributed by atoms with Crippen molar-refractivity contribution < 1.29 is 45.6 Å². The Labute approximate surface area is 250 Å². The summed E-state index contributed by atoms with van der Waals surface area (Å²) in [5.41, 5.74) is -2.06. The number of allylic oxidation sites excluding steroid dienone is 2. The maximum atomic E-state index is 12.4. The normalized spacial score (nSPS) is 53.9. The third-order valence-corrected chi connectivity index (χ3v) is 13.0. The zero-order chi connectivity index (χ0) is 30.8. The molecule has 0 heterocycles. The van der Waals surface area contributed by atoms with Crippen LogP contribution in [0, 0.1) is 52.3 Å². The van der Waals surface area contributed by atoms with E-state index < -0.39 is 59.7 Å². The first-order chi connectivity index (χ1) is 19.7. The number of ether oxygens (including phenoxy) is 1. The van der Waals surface area contributed by atoms with E-state index in [4.69, 9.17) is 4.74 Å². The molecule has 0 saturated heterocycles. The van der Waals surface area contributed by atoms with E-state index in [-0.39, 0.29) is 54.0 Å². The van der Waals surface area contributed by atoms with Gasteiger partial charge in [0.05, 0.1) is 42.2 Å². The second-order valence-corrected chi connectivity index (χ2v) is 15.5. The molecular weight excluding hydrogens is 540 g/mol. The molecule has 0 aromatic carbocycles. The predicted molar refractivity (Wildman–Crippen MR) is 156 cm³/mol. The Kier molecular flexibility index (Phi) is 9.32. The lowest BCUT2D eigenvalue weighted by molar-refractivity contribution is -0.280. The Morgan fingerprint density at radius 2 is 1.55 bits per heavy atom. The van der Waals surface area contributed by atoms with Crippen molar-refractivity contribution in [2.24, 2.45) is 52.3 Å². The van der Waals surface area contributed by atoms with Crippen molar-refractivity contribution >= 4 is 0 Å². The summed E-state index contributed by atoms with van der Waals surface area (Å²) in [7, 11) is 0. The largest absolute Gasteiger partial charge is 0.396 e. The first-order valence-corrected chi connectivity index (χ1v) is 16.4. The standard InChI is InChI=1S/C33H56O9/c1-17(16-42-24-12-19(15-34)27(38)29(24)40)6-5-7-18(2)20-13-22(36)30-31(20,3)11-9-25-32(4)10-8-21(35)28(39)26(32)23(37)14-33(25,30)41/h5,7,17-30,34-41H,6,8-16H2,1-4H3. The van der Waals surface area contributed by atoms with Gasteiger partial charge in [-0.25, -0.2) is 0 Å². The van der Waals surface area contributed by atoms with Gasteiger partial charge in [-0.15, -0.1) is 0 Å². The number of hydrogen-bond donors (Lipinski definition) is 8. The Hall–Kier alpha value is -0.620. The quantitative estimate of drug-likeness (QED) is 0.193. The molecule has 0 aliphatic heterocycles. The van der Waals surface area contributed by atoms with Crippen LogP contribution in [0.1, 0.15) is 79.1 Å². The fourth-order valence-corrected chi connectivity index (χ4v) is 10.9. The number of hydrogen-bond acceptors (Lipinski definition) is 9. The molecule has 0 aromatic rings. The molecule has 5 rings (SSSR count). The second kappa shape index (κ2) is 12.0. The molecule has 0 amide bonds. The molecule has 42 heavy (non-hydrogen) atoms. The molecule has 242 valence electrons. The lowest BCUT2D eigenvalue weighted by Crippen LogP contribution is -2.70. The fourth-order valence-electron chi connectivity index (χ4n) is 10.9. The molecule has 0 spiro atoms. The van der Waals surface area contributed by atoms with Gasteiger partial charge in [0.1, 0.15) is 6.10 Å². The molecule has 5 fully saturated rings. The summed E-state index contributed by atoms with van der Waals surface area (Å²) in [6.45, 7) is 8.78. The molecule has 8 N–H and O–H groups in total. The molecule has 5 aliphatic rings. The third kappa shape index (κ3) is 5.22. The minimum atomic E-state index is -1.24. The molecule has 0 radical (unpaired) electrons. The van der Waals surface area contributed by atoms with E-state index in [2.05, 4.69) is 39.8 Å². The number of aliphatic hydroxyl groups excluding tert-OH is 7. The third-order valence-electron chi connectivity index (χ3n) is 13.0. The summed E-state index contributed by atoms with van der Waals surface area (Å²) in [5.74, 6) is -0.849. The SMILES string of the molecule is CC(CC=CC(C)C1CC(O)C2C1(C)CCC1C3(C)CCC(O)C(O)C3C(O)CC12O)COC1CC(CO)C(O)C1O. The number of aliphatic hydroxyl groups is 8. The minimum Gasteiger partial charge on any atom is -0.396 e. The fraction of sp³-hybridized carbons (Fsp3) is 0.939. The molecule has 5 aliphatic carbocycles. The van der Waals surface area contributed by atoms with Gasteiger partial charge in [0.25, 0.3) is 0 Å². The average Bonchev–Trinajstić information content (AvgIpc) is 3.36. The number of rotatable bonds is 8. The van der Waals surface area contributed by atoms with Gasteiger partial charge in [-0.05, 0) is 79.4 Å². The Balaban J connectivity index is 1.23. The highest BCUT2D eigenvalue weighted by atomic mass is 16.5. The van der Waals surface area contributed by atoms with Gasteiger partial charge in [-0.1, -0.05) is 39.8 Å². The highest BCUT2D eigenvalue weighted by Crippen LogP contribution is 2.69. The van der Waals surface area contributed by atoms with Gasteiger partial charge >= 0.3 is 0 Å². The van der Waals surface area contributed by atoms with Crippen molar-refractivity contribution in [1.82, 2.24) is 0 Å². The maximum absolute atomic E-state index is 12.4. The molecule has 17 unspecified atom stereocenters. The van der Waals surface area contributed by atoms with Crippen LogP contribution in [0.4, 0.5) is 0 Å². The van der Waals surface area contributed by atoms with Crippen LogP contribution < -0.4 is 0 Å². The smallest absolute Gasteiger partial charge is 0.106 e. The van der Waals surface area contributed by atoms with E-state index in [1.807, 2.05) is 0 Å². The monoisotopic (exact) mass is 596 g/mol. The summed E-state index contributed by atoms with van der Waals surface area (Å²) in [4.78, 5) is 0. The summed E-state index contributed by atoms with van der Waals surface area (Å²) in [6, 6.07) is 0. The molecule has 0 aromatic heterocycles. The van der Waals surface area contributed by atoms with Crippen molar-refractivity contribution in [3.05, 3.63) is 12.2 Å². The first kappa shape index (κ1) is 32.8. The van der Waals surface area contributed by atoms with Crippen molar-refractivity contribution in [2.45, 2.75) is 127 Å². The maximum Gasteiger partial charge on any atom is 0.106 e. The van der Waals surface area contributed by atoms with Crippen molar-refractivity contribution in [3.63, 3.8) is 0 Å². The topological polar surface area (TPSA) is 171 Å². The van der Waals surface area contributed by atoms with Gasteiger partial charge in [0.15, 0.2) is 0 Å². The Morgan fingerprint density at radius 1 is 0.857 bits per heavy atom. The van der Waals surface area contributed by atoms with Crippen molar-refractivity contribution in [3.8, 4) is 0 Å². The van der Waals surface area contributed by atoms with Gasteiger partial charge in [0, 0.05) is 37.4 Å². The zero-order valence-corrected chi connectivity index (χ0v) is 25.8. The van der Waals surface area contributed by atoms with Crippen LogP contribution in [0.5, 0.6) is 0 Å². The lowest BCUT2D eigenvalue weighted by atomic mass is 9.41. The van der Waals surface area contributed by atoms with Crippen LogP contribution in [-0.2, 0) is 4.74 Å². The van der Waals surface area contributed by atoms with E-state index in [1.165, 1.54) is 0 Å². The van der Waals surface area contributed by atoms with Crippen molar-refractivity contribution in [1.29, 1.82) is 0 Å². The van der Waals surface area contributed by atoms with Gasteiger partial charge < -0.3 is 45.6 Å². The average molecular weight is 597 g/mol. The zero-order valence-electron chi connectivity index (χ0n) is 25.8. The first-order valence-electron chi connectivity index (χ1n) is 16.4. The Bertz CT molecular complexity index is 977. The molecule has 0 bridgehead atoms. The van der Waals surface area contributed by atoms with Crippen LogP contribution in [0.25, 0.3) is 0 Å². The van der Waals surface area contributed by atoms with Crippen LogP contribution >= 0.6 is 0 Å². The lowest BCUT2D eigenvalue weighted by Gasteiger charge is -2.66.